The molecule has 1 aromatic carbocycles. The number of rotatable bonds is 6. The summed E-state index contributed by atoms with van der Waals surface area (Å²) in [6.07, 6.45) is 3.98. The molecule has 0 saturated carbocycles. The van der Waals surface area contributed by atoms with Crippen molar-refractivity contribution in [3.63, 3.8) is 0 Å². The lowest BCUT2D eigenvalue weighted by atomic mass is 10.2. The van der Waals surface area contributed by atoms with Gasteiger partial charge in [-0.1, -0.05) is 12.1 Å². The van der Waals surface area contributed by atoms with Crippen LogP contribution in [-0.4, -0.2) is 77.5 Å². The molecule has 2 aliphatic heterocycles. The van der Waals surface area contributed by atoms with Gasteiger partial charge in [0.15, 0.2) is 0 Å². The molecule has 0 atom stereocenters. The third kappa shape index (κ3) is 5.67. The summed E-state index contributed by atoms with van der Waals surface area (Å²) in [6.45, 7) is 4.91. The number of anilines is 1. The summed E-state index contributed by atoms with van der Waals surface area (Å²) in [6, 6.07) is 9.61. The predicted molar refractivity (Wildman–Crippen MR) is 136 cm³/mol. The minimum atomic E-state index is -0.0311. The minimum absolute atomic E-state index is 0. The summed E-state index contributed by atoms with van der Waals surface area (Å²) in [7, 11) is 0. The fourth-order valence-corrected chi connectivity index (χ4v) is 5.01. The number of morpholine rings is 1. The van der Waals surface area contributed by atoms with E-state index in [0.717, 1.165) is 66.5 Å². The van der Waals surface area contributed by atoms with Crippen molar-refractivity contribution in [3.8, 4) is 21.8 Å². The van der Waals surface area contributed by atoms with Gasteiger partial charge >= 0.3 is 0 Å². The highest BCUT2D eigenvalue weighted by Crippen LogP contribution is 2.31. The number of amides is 2. The summed E-state index contributed by atoms with van der Waals surface area (Å²) in [4.78, 5) is 36.9. The number of carbonyl (C=O) groups is 2. The molecule has 10 heteroatoms. The van der Waals surface area contributed by atoms with E-state index in [0.29, 0.717) is 25.5 Å². The molecule has 180 valence electrons. The zero-order chi connectivity index (χ0) is 22.6. The molecule has 2 aliphatic rings. The summed E-state index contributed by atoms with van der Waals surface area (Å²) >= 11 is 1.54. The maximum atomic E-state index is 12.6. The Morgan fingerprint density at radius 1 is 1.09 bits per heavy atom. The second-order valence-corrected chi connectivity index (χ2v) is 9.21. The number of thiazole rings is 1. The number of carbonyl (C=O) groups excluding carboxylic acids is 2. The van der Waals surface area contributed by atoms with Gasteiger partial charge in [0.2, 0.25) is 5.91 Å². The normalized spacial score (nSPS) is 16.3. The van der Waals surface area contributed by atoms with E-state index in [-0.39, 0.29) is 24.2 Å². The highest BCUT2D eigenvalue weighted by molar-refractivity contribution is 7.13. The van der Waals surface area contributed by atoms with Crippen LogP contribution in [0.25, 0.3) is 21.8 Å². The number of H-pyrrole nitrogens is 1. The molecule has 8 nitrogen and oxygen atoms in total. The zero-order valence-electron chi connectivity index (χ0n) is 18.8. The van der Waals surface area contributed by atoms with Crippen molar-refractivity contribution in [2.45, 2.75) is 12.8 Å². The van der Waals surface area contributed by atoms with E-state index in [9.17, 15) is 9.59 Å². The molecule has 34 heavy (non-hydrogen) atoms. The molecule has 5 rings (SSSR count). The first-order valence-corrected chi connectivity index (χ1v) is 12.2. The smallest absolute Gasteiger partial charge is 0.270 e. The fourth-order valence-electron chi connectivity index (χ4n) is 4.19. The quantitative estimate of drug-likeness (QED) is 0.537. The molecule has 0 radical (unpaired) electrons. The Hall–Kier alpha value is -2.72. The molecule has 0 unspecified atom stereocenters. The number of hydrogen-bond acceptors (Lipinski definition) is 6. The van der Waals surface area contributed by atoms with Gasteiger partial charge in [-0.25, -0.2) is 4.98 Å². The minimum Gasteiger partial charge on any atom is -0.379 e. The molecule has 2 amide bonds. The third-order valence-electron chi connectivity index (χ3n) is 5.97. The summed E-state index contributed by atoms with van der Waals surface area (Å²) in [5.41, 5.74) is 4.02. The van der Waals surface area contributed by atoms with Gasteiger partial charge in [-0.2, -0.15) is 0 Å². The average Bonchev–Trinajstić information content (AvgIpc) is 3.61. The lowest BCUT2D eigenvalue weighted by Crippen LogP contribution is -2.41. The molecule has 2 saturated heterocycles. The Bertz CT molecular complexity index is 1140. The Kier molecular flexibility index (Phi) is 7.99. The Morgan fingerprint density at radius 3 is 2.68 bits per heavy atom. The van der Waals surface area contributed by atoms with Crippen LogP contribution in [0.3, 0.4) is 0 Å². The fraction of sp³-hybridized carbons (Fsp3) is 0.375. The van der Waals surface area contributed by atoms with Gasteiger partial charge in [0.25, 0.3) is 5.91 Å². The highest BCUT2D eigenvalue weighted by atomic mass is 35.5. The molecule has 2 N–H and O–H groups in total. The average molecular weight is 502 g/mol. The van der Waals surface area contributed by atoms with Gasteiger partial charge < -0.3 is 19.9 Å². The van der Waals surface area contributed by atoms with E-state index in [1.807, 2.05) is 46.8 Å². The van der Waals surface area contributed by atoms with Crippen molar-refractivity contribution >= 4 is 41.2 Å². The van der Waals surface area contributed by atoms with E-state index in [1.165, 1.54) is 0 Å². The second kappa shape index (κ2) is 11.1. The largest absolute Gasteiger partial charge is 0.379 e. The van der Waals surface area contributed by atoms with E-state index in [4.69, 9.17) is 9.72 Å². The number of hydrogen-bond donors (Lipinski definition) is 2. The Labute approximate surface area is 208 Å². The second-order valence-electron chi connectivity index (χ2n) is 8.36. The number of aromatic nitrogens is 2. The van der Waals surface area contributed by atoms with Gasteiger partial charge in [0, 0.05) is 54.6 Å². The van der Waals surface area contributed by atoms with Crippen LogP contribution in [0.2, 0.25) is 0 Å². The monoisotopic (exact) mass is 501 g/mol. The van der Waals surface area contributed by atoms with E-state index in [1.54, 1.807) is 11.3 Å². The summed E-state index contributed by atoms with van der Waals surface area (Å²) in [5, 5.41) is 5.84. The van der Waals surface area contributed by atoms with Gasteiger partial charge in [0.1, 0.15) is 10.7 Å². The number of halogens is 1. The summed E-state index contributed by atoms with van der Waals surface area (Å²) < 4.78 is 5.33. The summed E-state index contributed by atoms with van der Waals surface area (Å²) in [5.74, 6) is 0.0196. The topological polar surface area (TPSA) is 90.6 Å². The SMILES string of the molecule is Cl.O=C(CN1CCOCC1)Nc1cccc(-c2nc(-c3c[nH]c(C(=O)N4CCCC4)c3)cs2)c1. The number of benzene rings is 1. The molecule has 2 fully saturated rings. The van der Waals surface area contributed by atoms with Crippen LogP contribution in [0.15, 0.2) is 41.9 Å². The Morgan fingerprint density at radius 2 is 1.88 bits per heavy atom. The van der Waals surface area contributed by atoms with Crippen molar-refractivity contribution in [3.05, 3.63) is 47.6 Å². The van der Waals surface area contributed by atoms with Crippen LogP contribution >= 0.6 is 23.7 Å². The van der Waals surface area contributed by atoms with Crippen molar-refractivity contribution in [1.82, 2.24) is 19.8 Å². The molecule has 0 spiro atoms. The number of ether oxygens (including phenoxy) is 1. The first-order valence-electron chi connectivity index (χ1n) is 11.3. The van der Waals surface area contributed by atoms with Crippen LogP contribution in [0.5, 0.6) is 0 Å². The molecule has 2 aromatic heterocycles. The highest BCUT2D eigenvalue weighted by Gasteiger charge is 2.21. The molecular formula is C24H28ClN5O3S. The first-order chi connectivity index (χ1) is 16.2. The van der Waals surface area contributed by atoms with Crippen molar-refractivity contribution in [1.29, 1.82) is 0 Å². The lowest BCUT2D eigenvalue weighted by Gasteiger charge is -2.25. The molecule has 0 bridgehead atoms. The van der Waals surface area contributed by atoms with Crippen molar-refractivity contribution in [2.75, 3.05) is 51.3 Å². The van der Waals surface area contributed by atoms with Crippen molar-refractivity contribution in [2.24, 2.45) is 0 Å². The van der Waals surface area contributed by atoms with Crippen LogP contribution < -0.4 is 5.32 Å². The lowest BCUT2D eigenvalue weighted by molar-refractivity contribution is -0.118. The maximum absolute atomic E-state index is 12.6. The van der Waals surface area contributed by atoms with Crippen LogP contribution in [0.4, 0.5) is 5.69 Å². The molecule has 4 heterocycles. The van der Waals surface area contributed by atoms with E-state index in [2.05, 4.69) is 15.2 Å². The van der Waals surface area contributed by atoms with Crippen LogP contribution in [-0.2, 0) is 9.53 Å². The molecular weight excluding hydrogens is 474 g/mol. The third-order valence-corrected chi connectivity index (χ3v) is 6.86. The van der Waals surface area contributed by atoms with E-state index >= 15 is 0 Å². The van der Waals surface area contributed by atoms with Crippen LogP contribution in [0.1, 0.15) is 23.3 Å². The van der Waals surface area contributed by atoms with E-state index < -0.39 is 0 Å². The Balaban J connectivity index is 0.00000274. The van der Waals surface area contributed by atoms with Gasteiger partial charge in [0.05, 0.1) is 25.5 Å². The van der Waals surface area contributed by atoms with Gasteiger partial charge in [-0.3, -0.25) is 14.5 Å². The molecule has 3 aromatic rings. The maximum Gasteiger partial charge on any atom is 0.270 e. The first kappa shape index (κ1) is 24.4. The number of likely N-dealkylation sites (tertiary alicyclic amines) is 1. The van der Waals surface area contributed by atoms with Gasteiger partial charge in [-0.15, -0.1) is 23.7 Å². The van der Waals surface area contributed by atoms with Crippen molar-refractivity contribution < 1.29 is 14.3 Å². The predicted octanol–water partition coefficient (Wildman–Crippen LogP) is 3.73. The number of nitrogens with zero attached hydrogens (tertiary/aromatic N) is 3. The number of aromatic amines is 1. The van der Waals surface area contributed by atoms with Gasteiger partial charge in [-0.05, 0) is 31.0 Å². The molecule has 0 aliphatic carbocycles. The number of nitrogens with one attached hydrogen (secondary N) is 2. The zero-order valence-corrected chi connectivity index (χ0v) is 20.4. The standard InChI is InChI=1S/C24H27N5O3S.ClH/c30-22(15-28-8-10-32-11-9-28)26-19-5-3-4-17(12-19)23-27-21(16-33-23)18-13-20(25-14-18)24(31)29-6-1-2-7-29;/h3-5,12-14,16,25H,1-2,6-11,15H2,(H,26,30);1H. The van der Waals surface area contributed by atoms with Crippen LogP contribution in [0, 0.1) is 0 Å².